The quantitative estimate of drug-likeness (QED) is 0.802. The van der Waals surface area contributed by atoms with E-state index >= 15 is 0 Å². The van der Waals surface area contributed by atoms with Crippen molar-refractivity contribution in [1.29, 1.82) is 0 Å². The number of aryl methyl sites for hydroxylation is 1. The van der Waals surface area contributed by atoms with Crippen molar-refractivity contribution in [2.75, 3.05) is 20.3 Å². The number of carbonyl (C=O) groups is 1. The lowest BCUT2D eigenvalue weighted by Gasteiger charge is -2.34. The minimum absolute atomic E-state index is 0.206. The SMILES string of the molecule is COC1(C(=O)CCc2ccccc2)CCOCC1. The first kappa shape index (κ1) is 13.2. The third kappa shape index (κ3) is 2.98. The van der Waals surface area contributed by atoms with Gasteiger partial charge in [-0.1, -0.05) is 30.3 Å². The Hall–Kier alpha value is -1.19. The molecule has 0 radical (unpaired) electrons. The van der Waals surface area contributed by atoms with E-state index < -0.39 is 5.60 Å². The van der Waals surface area contributed by atoms with Crippen LogP contribution in [0.15, 0.2) is 30.3 Å². The van der Waals surface area contributed by atoms with Crippen LogP contribution in [0, 0.1) is 0 Å². The van der Waals surface area contributed by atoms with Gasteiger partial charge in [-0.2, -0.15) is 0 Å². The zero-order valence-corrected chi connectivity index (χ0v) is 10.9. The van der Waals surface area contributed by atoms with Gasteiger partial charge in [0, 0.05) is 39.6 Å². The summed E-state index contributed by atoms with van der Waals surface area (Å²) in [4.78, 5) is 12.3. The standard InChI is InChI=1S/C15H20O3/c1-17-15(9-11-18-12-10-15)14(16)8-7-13-5-3-2-4-6-13/h2-6H,7-12H2,1H3. The molecule has 98 valence electrons. The predicted octanol–water partition coefficient (Wildman–Crippen LogP) is 2.38. The second-order valence-electron chi connectivity index (χ2n) is 4.72. The van der Waals surface area contributed by atoms with Crippen molar-refractivity contribution in [2.45, 2.75) is 31.3 Å². The van der Waals surface area contributed by atoms with Crippen LogP contribution < -0.4 is 0 Å². The van der Waals surface area contributed by atoms with E-state index in [1.54, 1.807) is 7.11 Å². The van der Waals surface area contributed by atoms with Gasteiger partial charge in [0.2, 0.25) is 0 Å². The minimum Gasteiger partial charge on any atom is -0.381 e. The molecule has 1 aliphatic rings. The molecule has 0 atom stereocenters. The van der Waals surface area contributed by atoms with E-state index in [-0.39, 0.29) is 5.78 Å². The molecule has 0 unspecified atom stereocenters. The molecule has 0 N–H and O–H groups in total. The first-order valence-corrected chi connectivity index (χ1v) is 6.47. The summed E-state index contributed by atoms with van der Waals surface area (Å²) >= 11 is 0. The van der Waals surface area contributed by atoms with Gasteiger partial charge in [-0.3, -0.25) is 4.79 Å². The van der Waals surface area contributed by atoms with E-state index in [4.69, 9.17) is 9.47 Å². The lowest BCUT2D eigenvalue weighted by Crippen LogP contribution is -2.45. The average molecular weight is 248 g/mol. The summed E-state index contributed by atoms with van der Waals surface area (Å²) in [5.41, 5.74) is 0.594. The fraction of sp³-hybridized carbons (Fsp3) is 0.533. The van der Waals surface area contributed by atoms with Crippen LogP contribution in [0.5, 0.6) is 0 Å². The lowest BCUT2D eigenvalue weighted by molar-refractivity contribution is -0.152. The Kier molecular flexibility index (Phi) is 4.50. The fourth-order valence-corrected chi connectivity index (χ4v) is 2.43. The van der Waals surface area contributed by atoms with E-state index in [2.05, 4.69) is 12.1 Å². The van der Waals surface area contributed by atoms with Crippen LogP contribution in [0.25, 0.3) is 0 Å². The molecule has 1 saturated heterocycles. The molecule has 1 heterocycles. The number of benzene rings is 1. The average Bonchev–Trinajstić information content (AvgIpc) is 2.46. The van der Waals surface area contributed by atoms with Gasteiger partial charge in [0.05, 0.1) is 0 Å². The van der Waals surface area contributed by atoms with Gasteiger partial charge in [-0.15, -0.1) is 0 Å². The van der Waals surface area contributed by atoms with Crippen molar-refractivity contribution in [3.8, 4) is 0 Å². The van der Waals surface area contributed by atoms with Crippen molar-refractivity contribution in [3.63, 3.8) is 0 Å². The van der Waals surface area contributed by atoms with Gasteiger partial charge in [-0.05, 0) is 12.0 Å². The fourth-order valence-electron chi connectivity index (χ4n) is 2.43. The molecule has 18 heavy (non-hydrogen) atoms. The maximum Gasteiger partial charge on any atom is 0.165 e. The summed E-state index contributed by atoms with van der Waals surface area (Å²) in [7, 11) is 1.63. The number of methoxy groups -OCH3 is 1. The van der Waals surface area contributed by atoms with Gasteiger partial charge in [0.1, 0.15) is 5.60 Å². The lowest BCUT2D eigenvalue weighted by atomic mass is 9.86. The maximum atomic E-state index is 12.3. The number of Topliss-reactive ketones (excluding diaryl/α,β-unsaturated/α-hetero) is 1. The Morgan fingerprint density at radius 1 is 1.28 bits per heavy atom. The molecule has 2 rings (SSSR count). The van der Waals surface area contributed by atoms with Crippen LogP contribution in [0.1, 0.15) is 24.8 Å². The van der Waals surface area contributed by atoms with Crippen molar-refractivity contribution in [1.82, 2.24) is 0 Å². The first-order chi connectivity index (χ1) is 8.77. The largest absolute Gasteiger partial charge is 0.381 e. The van der Waals surface area contributed by atoms with Crippen molar-refractivity contribution < 1.29 is 14.3 Å². The van der Waals surface area contributed by atoms with Gasteiger partial charge in [0.25, 0.3) is 0 Å². The van der Waals surface area contributed by atoms with E-state index in [1.165, 1.54) is 5.56 Å². The van der Waals surface area contributed by atoms with E-state index in [9.17, 15) is 4.79 Å². The van der Waals surface area contributed by atoms with E-state index in [1.807, 2.05) is 18.2 Å². The van der Waals surface area contributed by atoms with Crippen molar-refractivity contribution >= 4 is 5.78 Å². The second kappa shape index (κ2) is 6.12. The number of hydrogen-bond acceptors (Lipinski definition) is 3. The van der Waals surface area contributed by atoms with Crippen LogP contribution >= 0.6 is 0 Å². The number of ketones is 1. The molecule has 0 amide bonds. The molecule has 3 heteroatoms. The van der Waals surface area contributed by atoms with Crippen molar-refractivity contribution in [2.24, 2.45) is 0 Å². The Morgan fingerprint density at radius 2 is 1.94 bits per heavy atom. The molecular weight excluding hydrogens is 228 g/mol. The molecular formula is C15H20O3. The summed E-state index contributed by atoms with van der Waals surface area (Å²) in [5, 5.41) is 0. The molecule has 0 aromatic heterocycles. The molecule has 1 fully saturated rings. The van der Waals surface area contributed by atoms with Crippen molar-refractivity contribution in [3.05, 3.63) is 35.9 Å². The molecule has 1 aliphatic heterocycles. The monoisotopic (exact) mass is 248 g/mol. The molecule has 0 saturated carbocycles. The number of rotatable bonds is 5. The minimum atomic E-state index is -0.604. The summed E-state index contributed by atoms with van der Waals surface area (Å²) in [5.74, 6) is 0.206. The normalized spacial score (nSPS) is 18.5. The highest BCUT2D eigenvalue weighted by atomic mass is 16.5. The van der Waals surface area contributed by atoms with Gasteiger partial charge in [-0.25, -0.2) is 0 Å². The third-order valence-corrected chi connectivity index (χ3v) is 3.68. The van der Waals surface area contributed by atoms with Crippen LogP contribution in [0.2, 0.25) is 0 Å². The number of hydrogen-bond donors (Lipinski definition) is 0. The first-order valence-electron chi connectivity index (χ1n) is 6.47. The third-order valence-electron chi connectivity index (χ3n) is 3.68. The summed E-state index contributed by atoms with van der Waals surface area (Å²) in [6, 6.07) is 10.1. The smallest absolute Gasteiger partial charge is 0.165 e. The molecule has 0 aliphatic carbocycles. The summed E-state index contributed by atoms with van der Waals surface area (Å²) in [6.07, 6.45) is 2.68. The Morgan fingerprint density at radius 3 is 2.56 bits per heavy atom. The van der Waals surface area contributed by atoms with E-state index in [0.717, 1.165) is 6.42 Å². The highest BCUT2D eigenvalue weighted by molar-refractivity contribution is 5.87. The zero-order valence-electron chi connectivity index (χ0n) is 10.9. The Labute approximate surface area is 108 Å². The highest BCUT2D eigenvalue weighted by Crippen LogP contribution is 2.27. The van der Waals surface area contributed by atoms with Crippen LogP contribution in [0.3, 0.4) is 0 Å². The van der Waals surface area contributed by atoms with Gasteiger partial charge in [0.15, 0.2) is 5.78 Å². The van der Waals surface area contributed by atoms with Gasteiger partial charge < -0.3 is 9.47 Å². The topological polar surface area (TPSA) is 35.5 Å². The Balaban J connectivity index is 1.94. The van der Waals surface area contributed by atoms with Crippen LogP contribution in [-0.2, 0) is 20.7 Å². The Bertz CT molecular complexity index is 380. The van der Waals surface area contributed by atoms with E-state index in [0.29, 0.717) is 32.5 Å². The predicted molar refractivity (Wildman–Crippen MR) is 69.6 cm³/mol. The zero-order chi connectivity index (χ0) is 12.8. The molecule has 0 bridgehead atoms. The second-order valence-corrected chi connectivity index (χ2v) is 4.72. The molecule has 0 spiro atoms. The number of ether oxygens (including phenoxy) is 2. The molecule has 3 nitrogen and oxygen atoms in total. The number of carbonyl (C=O) groups excluding carboxylic acids is 1. The molecule has 1 aromatic carbocycles. The van der Waals surface area contributed by atoms with Crippen LogP contribution in [-0.4, -0.2) is 31.7 Å². The maximum absolute atomic E-state index is 12.3. The highest BCUT2D eigenvalue weighted by Gasteiger charge is 2.39. The molecule has 1 aromatic rings. The van der Waals surface area contributed by atoms with Crippen LogP contribution in [0.4, 0.5) is 0 Å². The summed E-state index contributed by atoms with van der Waals surface area (Å²) in [6.45, 7) is 1.23. The van der Waals surface area contributed by atoms with Gasteiger partial charge >= 0.3 is 0 Å². The summed E-state index contributed by atoms with van der Waals surface area (Å²) < 4.78 is 10.8.